The summed E-state index contributed by atoms with van der Waals surface area (Å²) in [5, 5.41) is 12.1. The molecular weight excluding hydrogens is 693 g/mol. The third kappa shape index (κ3) is 7.93. The lowest BCUT2D eigenvalue weighted by Crippen LogP contribution is -2.33. The van der Waals surface area contributed by atoms with Crippen molar-refractivity contribution in [2.24, 2.45) is 7.05 Å². The molecule has 3 fully saturated rings. The van der Waals surface area contributed by atoms with Crippen LogP contribution in [0.25, 0.3) is 21.9 Å². The lowest BCUT2D eigenvalue weighted by Gasteiger charge is -2.31. The highest BCUT2D eigenvalue weighted by Crippen LogP contribution is 2.44. The Balaban J connectivity index is 0.000000939. The molecule has 1 aliphatic carbocycles. The first-order chi connectivity index (χ1) is 25.8. The predicted octanol–water partition coefficient (Wildman–Crippen LogP) is 8.44. The molecule has 0 bridgehead atoms. The van der Waals surface area contributed by atoms with Gasteiger partial charge in [0.1, 0.15) is 18.2 Å². The number of nitrogens with zero attached hydrogens (tertiary/aromatic N) is 5. The number of hydrogen-bond donors (Lipinski definition) is 2. The van der Waals surface area contributed by atoms with E-state index in [1.807, 2.05) is 50.4 Å². The molecule has 5 heterocycles. The van der Waals surface area contributed by atoms with Crippen LogP contribution in [0.2, 0.25) is 5.02 Å². The van der Waals surface area contributed by atoms with Crippen LogP contribution < -0.4 is 10.1 Å². The average molecular weight is 736 g/mol. The molecule has 9 rings (SSSR count). The van der Waals surface area contributed by atoms with Crippen molar-refractivity contribution in [1.82, 2.24) is 29.6 Å². The fourth-order valence-corrected chi connectivity index (χ4v) is 7.20. The summed E-state index contributed by atoms with van der Waals surface area (Å²) < 4.78 is 26.9. The van der Waals surface area contributed by atoms with E-state index in [1.54, 1.807) is 18.2 Å². The number of amides is 1. The van der Waals surface area contributed by atoms with Gasteiger partial charge in [-0.2, -0.15) is 5.10 Å². The van der Waals surface area contributed by atoms with Gasteiger partial charge in [0.05, 0.1) is 23.1 Å². The Morgan fingerprint density at radius 1 is 1.02 bits per heavy atom. The van der Waals surface area contributed by atoms with Crippen LogP contribution >= 0.6 is 11.6 Å². The van der Waals surface area contributed by atoms with Crippen molar-refractivity contribution >= 4 is 45.1 Å². The SMILES string of the molecule is C1COC1.Cc1[nH]nc2c(C3CC3)cc(NC(=O)c3ccc4c(c3)nc(CN3CCC(c5cccc(OCc6ccc(Cl)cc6F)n5)CC3)n4C)cc12. The number of aromatic amines is 1. The van der Waals surface area contributed by atoms with Crippen molar-refractivity contribution in [3.8, 4) is 5.88 Å². The third-order valence-electron chi connectivity index (χ3n) is 10.5. The minimum Gasteiger partial charge on any atom is -0.473 e. The summed E-state index contributed by atoms with van der Waals surface area (Å²) in [6.07, 6.45) is 5.52. The minimum absolute atomic E-state index is 0.0886. The third-order valence-corrected chi connectivity index (χ3v) is 10.7. The van der Waals surface area contributed by atoms with E-state index in [9.17, 15) is 9.18 Å². The fourth-order valence-electron chi connectivity index (χ4n) is 7.04. The standard InChI is InChI=1S/C38H37ClFN7O2.C3H6O/c1-22-29-18-28(19-30(23-6-7-23)37(29)45-44-22)41-38(48)25-9-11-34-33(16-25)42-35(46(34)2)20-47-14-12-24(13-15-47)32-4-3-5-36(43-32)49-21-26-8-10-27(39)17-31(26)40;1-2-4-3-1/h3-5,8-11,16-19,23-24H,6-7,12-15,20-21H2,1-2H3,(H,41,48)(H,44,45);1-3H2. The van der Waals surface area contributed by atoms with E-state index in [2.05, 4.69) is 31.0 Å². The maximum Gasteiger partial charge on any atom is 0.255 e. The highest BCUT2D eigenvalue weighted by atomic mass is 35.5. The van der Waals surface area contributed by atoms with Crippen LogP contribution in [0.4, 0.5) is 10.1 Å². The van der Waals surface area contributed by atoms with Gasteiger partial charge in [0.15, 0.2) is 0 Å². The summed E-state index contributed by atoms with van der Waals surface area (Å²) in [4.78, 5) is 25.5. The highest BCUT2D eigenvalue weighted by Gasteiger charge is 2.28. The van der Waals surface area contributed by atoms with Gasteiger partial charge in [-0.25, -0.2) is 14.4 Å². The number of halogens is 2. The van der Waals surface area contributed by atoms with Crippen LogP contribution in [0.15, 0.2) is 66.7 Å². The van der Waals surface area contributed by atoms with Crippen molar-refractivity contribution in [3.63, 3.8) is 0 Å². The molecule has 53 heavy (non-hydrogen) atoms. The Labute approximate surface area is 312 Å². The number of carbonyl (C=O) groups excluding carboxylic acids is 1. The lowest BCUT2D eigenvalue weighted by molar-refractivity contribution is 0.0367. The van der Waals surface area contributed by atoms with Gasteiger partial charge >= 0.3 is 0 Å². The number of aryl methyl sites for hydroxylation is 2. The molecule has 0 spiro atoms. The lowest BCUT2D eigenvalue weighted by atomic mass is 9.93. The molecule has 2 N–H and O–H groups in total. The Morgan fingerprint density at radius 2 is 1.81 bits per heavy atom. The first-order valence-corrected chi connectivity index (χ1v) is 18.8. The van der Waals surface area contributed by atoms with Crippen LogP contribution in [0.1, 0.15) is 82.6 Å². The van der Waals surface area contributed by atoms with Gasteiger partial charge in [0, 0.05) is 70.9 Å². The molecule has 2 aliphatic heterocycles. The zero-order valence-corrected chi connectivity index (χ0v) is 30.8. The number of carbonyl (C=O) groups is 1. The predicted molar refractivity (Wildman–Crippen MR) is 204 cm³/mol. The van der Waals surface area contributed by atoms with E-state index < -0.39 is 0 Å². The Bertz CT molecular complexity index is 2270. The number of ether oxygens (including phenoxy) is 2. The summed E-state index contributed by atoms with van der Waals surface area (Å²) in [7, 11) is 2.03. The fraction of sp³-hybridized carbons (Fsp3) is 0.366. The molecule has 0 radical (unpaired) electrons. The first kappa shape index (κ1) is 35.2. The molecule has 0 atom stereocenters. The van der Waals surface area contributed by atoms with Crippen LogP contribution in [0.3, 0.4) is 0 Å². The normalized spacial score (nSPS) is 16.3. The zero-order chi connectivity index (χ0) is 36.5. The topological polar surface area (TPSA) is 110 Å². The van der Waals surface area contributed by atoms with Crippen molar-refractivity contribution in [3.05, 3.63) is 111 Å². The second-order valence-corrected chi connectivity index (χ2v) is 14.7. The van der Waals surface area contributed by atoms with E-state index in [-0.39, 0.29) is 18.3 Å². The molecule has 274 valence electrons. The average Bonchev–Trinajstić information content (AvgIpc) is 3.85. The number of piperidine rings is 1. The maximum absolute atomic E-state index is 14.2. The molecule has 3 aromatic carbocycles. The molecule has 0 unspecified atom stereocenters. The quantitative estimate of drug-likeness (QED) is 0.153. The molecule has 10 nitrogen and oxygen atoms in total. The van der Waals surface area contributed by atoms with E-state index in [4.69, 9.17) is 31.0 Å². The number of fused-ring (bicyclic) bond motifs is 2. The van der Waals surface area contributed by atoms with E-state index in [0.717, 1.165) is 103 Å². The molecular formula is C41H43ClFN7O3. The molecule has 6 aromatic rings. The maximum atomic E-state index is 14.2. The zero-order valence-electron chi connectivity index (χ0n) is 30.0. The Hall–Kier alpha value is -4.84. The smallest absolute Gasteiger partial charge is 0.255 e. The Kier molecular flexibility index (Phi) is 10.1. The molecule has 12 heteroatoms. The molecule has 1 amide bonds. The van der Waals surface area contributed by atoms with E-state index in [1.165, 1.54) is 18.1 Å². The molecule has 3 aromatic heterocycles. The van der Waals surface area contributed by atoms with Gasteiger partial charge < -0.3 is 19.4 Å². The summed E-state index contributed by atoms with van der Waals surface area (Å²) in [5.74, 6) is 1.73. The number of benzene rings is 3. The first-order valence-electron chi connectivity index (χ1n) is 18.4. The number of aromatic nitrogens is 5. The number of likely N-dealkylation sites (tertiary alicyclic amines) is 1. The summed E-state index contributed by atoms with van der Waals surface area (Å²) >= 11 is 5.87. The number of rotatable bonds is 9. The highest BCUT2D eigenvalue weighted by molar-refractivity contribution is 6.30. The minimum atomic E-state index is -0.389. The van der Waals surface area contributed by atoms with Gasteiger partial charge in [-0.1, -0.05) is 23.7 Å². The van der Waals surface area contributed by atoms with Crippen LogP contribution in [0, 0.1) is 12.7 Å². The van der Waals surface area contributed by atoms with Crippen molar-refractivity contribution < 1.29 is 18.7 Å². The van der Waals surface area contributed by atoms with Crippen molar-refractivity contribution in [1.29, 1.82) is 0 Å². The van der Waals surface area contributed by atoms with Gasteiger partial charge in [-0.15, -0.1) is 0 Å². The largest absolute Gasteiger partial charge is 0.473 e. The van der Waals surface area contributed by atoms with Crippen LogP contribution in [-0.4, -0.2) is 61.8 Å². The second kappa shape index (κ2) is 15.3. The van der Waals surface area contributed by atoms with Crippen molar-refractivity contribution in [2.45, 2.75) is 64.0 Å². The summed E-state index contributed by atoms with van der Waals surface area (Å²) in [6.45, 7) is 6.64. The van der Waals surface area contributed by atoms with E-state index in [0.29, 0.717) is 33.9 Å². The van der Waals surface area contributed by atoms with Gasteiger partial charge in [0.2, 0.25) is 5.88 Å². The van der Waals surface area contributed by atoms with Crippen molar-refractivity contribution in [2.75, 3.05) is 31.6 Å². The number of hydrogen-bond acceptors (Lipinski definition) is 7. The second-order valence-electron chi connectivity index (χ2n) is 14.3. The van der Waals surface area contributed by atoms with Crippen LogP contribution in [-0.2, 0) is 24.9 Å². The number of anilines is 1. The molecule has 3 aliphatic rings. The Morgan fingerprint density at radius 3 is 2.55 bits per heavy atom. The van der Waals surface area contributed by atoms with Crippen LogP contribution in [0.5, 0.6) is 5.88 Å². The number of imidazole rings is 1. The summed E-state index contributed by atoms with van der Waals surface area (Å²) in [6, 6.07) is 20.2. The van der Waals surface area contributed by atoms with Gasteiger partial charge in [0.25, 0.3) is 5.91 Å². The number of H-pyrrole nitrogens is 1. The van der Waals surface area contributed by atoms with Gasteiger partial charge in [-0.05, 0) is 112 Å². The number of pyridine rings is 1. The van der Waals surface area contributed by atoms with E-state index >= 15 is 0 Å². The van der Waals surface area contributed by atoms with Gasteiger partial charge in [-0.3, -0.25) is 14.8 Å². The monoisotopic (exact) mass is 735 g/mol. The molecule has 1 saturated carbocycles. The molecule has 2 saturated heterocycles. The summed E-state index contributed by atoms with van der Waals surface area (Å²) in [5.41, 5.74) is 7.80. The number of nitrogens with one attached hydrogen (secondary N) is 2.